The van der Waals surface area contributed by atoms with Gasteiger partial charge in [-0.15, -0.1) is 0 Å². The van der Waals surface area contributed by atoms with Crippen LogP contribution in [0.3, 0.4) is 0 Å². The second kappa shape index (κ2) is 8.42. The predicted molar refractivity (Wildman–Crippen MR) is 106 cm³/mol. The number of piperidine rings is 1. The van der Waals surface area contributed by atoms with Gasteiger partial charge in [0.15, 0.2) is 0 Å². The number of amides is 2. The van der Waals surface area contributed by atoms with Crippen molar-refractivity contribution in [1.82, 2.24) is 10.2 Å². The first-order chi connectivity index (χ1) is 12.9. The monoisotopic (exact) mass is 372 g/mol. The summed E-state index contributed by atoms with van der Waals surface area (Å²) in [6.07, 6.45) is 4.48. The van der Waals surface area contributed by atoms with Gasteiger partial charge in [-0.05, 0) is 50.7 Å². The van der Waals surface area contributed by atoms with E-state index >= 15 is 0 Å². The topological polar surface area (TPSA) is 58.6 Å². The molecule has 2 aliphatic heterocycles. The third-order valence-electron chi connectivity index (χ3n) is 5.72. The van der Waals surface area contributed by atoms with Crippen molar-refractivity contribution in [3.8, 4) is 0 Å². The van der Waals surface area contributed by atoms with Crippen molar-refractivity contribution in [2.75, 3.05) is 19.6 Å². The number of rotatable bonds is 5. The molecular formula is C22H32N2O3. The van der Waals surface area contributed by atoms with E-state index in [0.29, 0.717) is 24.4 Å². The Balaban J connectivity index is 1.45. The zero-order chi connectivity index (χ0) is 19.4. The lowest BCUT2D eigenvalue weighted by molar-refractivity contribution is -0.138. The number of benzene rings is 1. The molecule has 1 atom stereocenters. The van der Waals surface area contributed by atoms with Gasteiger partial charge in [0.05, 0.1) is 11.7 Å². The molecule has 27 heavy (non-hydrogen) atoms. The highest BCUT2D eigenvalue weighted by Gasteiger charge is 2.43. The quantitative estimate of drug-likeness (QED) is 0.863. The van der Waals surface area contributed by atoms with Crippen molar-refractivity contribution >= 4 is 11.8 Å². The number of carbonyl (C=O) groups excluding carboxylic acids is 2. The molecule has 2 aliphatic rings. The SMILES string of the molecule is Cc1cccc(C(=O)NCC2CCC3(CCN(C(=O)CC(C)C)CC3)O2)c1. The van der Waals surface area contributed by atoms with Crippen molar-refractivity contribution in [2.45, 2.75) is 64.6 Å². The highest BCUT2D eigenvalue weighted by atomic mass is 16.5. The molecule has 2 heterocycles. The largest absolute Gasteiger partial charge is 0.370 e. The highest BCUT2D eigenvalue weighted by molar-refractivity contribution is 5.94. The van der Waals surface area contributed by atoms with E-state index < -0.39 is 0 Å². The normalized spacial score (nSPS) is 21.6. The van der Waals surface area contributed by atoms with Gasteiger partial charge in [-0.1, -0.05) is 31.5 Å². The molecule has 3 rings (SSSR count). The van der Waals surface area contributed by atoms with Gasteiger partial charge in [0.1, 0.15) is 0 Å². The summed E-state index contributed by atoms with van der Waals surface area (Å²) in [5.74, 6) is 0.620. The molecule has 1 unspecified atom stereocenters. The number of hydrogen-bond donors (Lipinski definition) is 1. The van der Waals surface area contributed by atoms with Gasteiger partial charge in [-0.25, -0.2) is 0 Å². The fraction of sp³-hybridized carbons (Fsp3) is 0.636. The Morgan fingerprint density at radius 1 is 1.26 bits per heavy atom. The summed E-state index contributed by atoms with van der Waals surface area (Å²) >= 11 is 0. The number of aryl methyl sites for hydroxylation is 1. The second-order valence-corrected chi connectivity index (χ2v) is 8.52. The van der Waals surface area contributed by atoms with Crippen LogP contribution in [0.25, 0.3) is 0 Å². The molecule has 1 aromatic carbocycles. The van der Waals surface area contributed by atoms with Crippen molar-refractivity contribution in [3.63, 3.8) is 0 Å². The van der Waals surface area contributed by atoms with E-state index in [-0.39, 0.29) is 23.5 Å². The summed E-state index contributed by atoms with van der Waals surface area (Å²) in [6, 6.07) is 7.62. The summed E-state index contributed by atoms with van der Waals surface area (Å²) in [7, 11) is 0. The molecule has 2 amide bonds. The number of nitrogens with zero attached hydrogens (tertiary/aromatic N) is 1. The van der Waals surface area contributed by atoms with E-state index in [9.17, 15) is 9.59 Å². The van der Waals surface area contributed by atoms with Gasteiger partial charge in [-0.2, -0.15) is 0 Å². The molecule has 2 fully saturated rings. The Labute approximate surface area is 162 Å². The van der Waals surface area contributed by atoms with Crippen LogP contribution in [0.1, 0.15) is 61.9 Å². The summed E-state index contributed by atoms with van der Waals surface area (Å²) in [4.78, 5) is 26.6. The van der Waals surface area contributed by atoms with E-state index in [0.717, 1.165) is 44.3 Å². The molecule has 5 nitrogen and oxygen atoms in total. The number of carbonyl (C=O) groups is 2. The summed E-state index contributed by atoms with van der Waals surface area (Å²) in [5.41, 5.74) is 1.67. The average molecular weight is 373 g/mol. The molecular weight excluding hydrogens is 340 g/mol. The lowest BCUT2D eigenvalue weighted by Crippen LogP contribution is -2.47. The lowest BCUT2D eigenvalue weighted by atomic mass is 9.88. The lowest BCUT2D eigenvalue weighted by Gasteiger charge is -2.39. The van der Waals surface area contributed by atoms with Gasteiger partial charge in [0, 0.05) is 31.6 Å². The summed E-state index contributed by atoms with van der Waals surface area (Å²) in [5, 5.41) is 3.01. The maximum atomic E-state index is 12.3. The van der Waals surface area contributed by atoms with Crippen LogP contribution < -0.4 is 5.32 Å². The molecule has 0 radical (unpaired) electrons. The number of ether oxygens (including phenoxy) is 1. The van der Waals surface area contributed by atoms with Gasteiger partial charge in [0.25, 0.3) is 5.91 Å². The minimum Gasteiger partial charge on any atom is -0.370 e. The Bertz CT molecular complexity index is 678. The Morgan fingerprint density at radius 2 is 2.00 bits per heavy atom. The van der Waals surface area contributed by atoms with Crippen LogP contribution >= 0.6 is 0 Å². The van der Waals surface area contributed by atoms with E-state index in [1.807, 2.05) is 36.1 Å². The van der Waals surface area contributed by atoms with Crippen LogP contribution in [0.15, 0.2) is 24.3 Å². The van der Waals surface area contributed by atoms with E-state index in [4.69, 9.17) is 4.74 Å². The van der Waals surface area contributed by atoms with E-state index in [2.05, 4.69) is 19.2 Å². The first-order valence-corrected chi connectivity index (χ1v) is 10.2. The second-order valence-electron chi connectivity index (χ2n) is 8.52. The molecule has 1 aromatic rings. The molecule has 0 aliphatic carbocycles. The highest BCUT2D eigenvalue weighted by Crippen LogP contribution is 2.38. The van der Waals surface area contributed by atoms with Crippen LogP contribution in [0.4, 0.5) is 0 Å². The van der Waals surface area contributed by atoms with Crippen molar-refractivity contribution in [3.05, 3.63) is 35.4 Å². The van der Waals surface area contributed by atoms with Crippen molar-refractivity contribution < 1.29 is 14.3 Å². The van der Waals surface area contributed by atoms with E-state index in [1.54, 1.807) is 0 Å². The number of hydrogen-bond acceptors (Lipinski definition) is 3. The molecule has 2 saturated heterocycles. The van der Waals surface area contributed by atoms with Gasteiger partial charge >= 0.3 is 0 Å². The third-order valence-corrected chi connectivity index (χ3v) is 5.72. The maximum absolute atomic E-state index is 12.3. The van der Waals surface area contributed by atoms with Crippen LogP contribution in [-0.2, 0) is 9.53 Å². The van der Waals surface area contributed by atoms with Crippen molar-refractivity contribution in [1.29, 1.82) is 0 Å². The summed E-state index contributed by atoms with van der Waals surface area (Å²) in [6.45, 7) is 8.27. The standard InChI is InChI=1S/C22H32N2O3/c1-16(2)13-20(25)24-11-9-22(10-12-24)8-7-19(27-22)15-23-21(26)18-6-4-5-17(3)14-18/h4-6,14,16,19H,7-13,15H2,1-3H3,(H,23,26). The maximum Gasteiger partial charge on any atom is 0.251 e. The van der Waals surface area contributed by atoms with Crippen LogP contribution in [0.5, 0.6) is 0 Å². The fourth-order valence-electron chi connectivity index (χ4n) is 4.14. The Kier molecular flexibility index (Phi) is 6.20. The van der Waals surface area contributed by atoms with Crippen molar-refractivity contribution in [2.24, 2.45) is 5.92 Å². The molecule has 0 bridgehead atoms. The molecule has 148 valence electrons. The van der Waals surface area contributed by atoms with Gasteiger partial charge in [0.2, 0.25) is 5.91 Å². The minimum absolute atomic E-state index is 0.0441. The molecule has 5 heteroatoms. The van der Waals surface area contributed by atoms with E-state index in [1.165, 1.54) is 0 Å². The number of nitrogens with one attached hydrogen (secondary N) is 1. The number of likely N-dealkylation sites (tertiary alicyclic amines) is 1. The Hall–Kier alpha value is -1.88. The zero-order valence-electron chi connectivity index (χ0n) is 16.8. The fourth-order valence-corrected chi connectivity index (χ4v) is 4.14. The molecule has 1 N–H and O–H groups in total. The average Bonchev–Trinajstić information content (AvgIpc) is 3.02. The first-order valence-electron chi connectivity index (χ1n) is 10.2. The first kappa shape index (κ1) is 19.9. The third kappa shape index (κ3) is 5.10. The van der Waals surface area contributed by atoms with Crippen LogP contribution in [-0.4, -0.2) is 48.1 Å². The van der Waals surface area contributed by atoms with Crippen LogP contribution in [0.2, 0.25) is 0 Å². The summed E-state index contributed by atoms with van der Waals surface area (Å²) < 4.78 is 6.36. The van der Waals surface area contributed by atoms with Gasteiger partial charge < -0.3 is 15.0 Å². The Morgan fingerprint density at radius 3 is 2.67 bits per heavy atom. The van der Waals surface area contributed by atoms with Crippen LogP contribution in [0, 0.1) is 12.8 Å². The predicted octanol–water partition coefficient (Wildman–Crippen LogP) is 3.31. The molecule has 0 saturated carbocycles. The molecule has 1 spiro atoms. The molecule has 0 aromatic heterocycles. The minimum atomic E-state index is -0.104. The smallest absolute Gasteiger partial charge is 0.251 e. The zero-order valence-corrected chi connectivity index (χ0v) is 16.8. The van der Waals surface area contributed by atoms with Gasteiger partial charge in [-0.3, -0.25) is 9.59 Å².